The first-order valence-electron chi connectivity index (χ1n) is 11.0. The molecule has 0 aliphatic carbocycles. The van der Waals surface area contributed by atoms with Gasteiger partial charge < -0.3 is 14.1 Å². The molecule has 1 aliphatic rings. The Morgan fingerprint density at radius 3 is 2.67 bits per heavy atom. The number of furan rings is 1. The number of hydrogen-bond acceptors (Lipinski definition) is 6. The topological polar surface area (TPSA) is 55.3 Å². The number of benzene rings is 2. The SMILES string of the molecule is C=C(C)CN=c1scc(-c2cc3ccccc3o2)n1N=Cc1ccc(N2CCOCC2)cc1. The van der Waals surface area contributed by atoms with Crippen molar-refractivity contribution in [2.24, 2.45) is 10.1 Å². The molecule has 0 bridgehead atoms. The summed E-state index contributed by atoms with van der Waals surface area (Å²) in [5, 5.41) is 7.89. The van der Waals surface area contributed by atoms with Crippen molar-refractivity contribution in [2.45, 2.75) is 6.92 Å². The van der Waals surface area contributed by atoms with Crippen molar-refractivity contribution in [3.63, 3.8) is 0 Å². The largest absolute Gasteiger partial charge is 0.454 e. The van der Waals surface area contributed by atoms with Crippen LogP contribution in [0, 0.1) is 0 Å². The van der Waals surface area contributed by atoms with Gasteiger partial charge in [-0.05, 0) is 36.8 Å². The Morgan fingerprint density at radius 1 is 1.12 bits per heavy atom. The highest BCUT2D eigenvalue weighted by Crippen LogP contribution is 2.28. The highest BCUT2D eigenvalue weighted by molar-refractivity contribution is 7.07. The number of fused-ring (bicyclic) bond motifs is 1. The summed E-state index contributed by atoms with van der Waals surface area (Å²) in [7, 11) is 0. The molecule has 6 nitrogen and oxygen atoms in total. The molecule has 0 saturated carbocycles. The van der Waals surface area contributed by atoms with Gasteiger partial charge in [0, 0.05) is 29.5 Å². The fourth-order valence-electron chi connectivity index (χ4n) is 3.72. The lowest BCUT2D eigenvalue weighted by Gasteiger charge is -2.28. The molecule has 0 amide bonds. The van der Waals surface area contributed by atoms with E-state index >= 15 is 0 Å². The third-order valence-corrected chi connectivity index (χ3v) is 6.29. The lowest BCUT2D eigenvalue weighted by Crippen LogP contribution is -2.36. The summed E-state index contributed by atoms with van der Waals surface area (Å²) in [6.07, 6.45) is 1.86. The quantitative estimate of drug-likeness (QED) is 0.296. The predicted octanol–water partition coefficient (Wildman–Crippen LogP) is 5.16. The van der Waals surface area contributed by atoms with Crippen molar-refractivity contribution >= 4 is 34.2 Å². The van der Waals surface area contributed by atoms with Crippen LogP contribution in [0.4, 0.5) is 5.69 Å². The maximum atomic E-state index is 6.11. The van der Waals surface area contributed by atoms with Crippen LogP contribution in [-0.2, 0) is 4.74 Å². The second-order valence-electron chi connectivity index (χ2n) is 8.07. The number of morpholine rings is 1. The van der Waals surface area contributed by atoms with Crippen LogP contribution in [0.2, 0.25) is 0 Å². The Bertz CT molecular complexity index is 1320. The molecule has 1 fully saturated rings. The number of anilines is 1. The van der Waals surface area contributed by atoms with Crippen molar-refractivity contribution in [1.29, 1.82) is 0 Å². The highest BCUT2D eigenvalue weighted by Gasteiger charge is 2.13. The Kier molecular flexibility index (Phi) is 6.24. The van der Waals surface area contributed by atoms with Crippen LogP contribution in [0.1, 0.15) is 12.5 Å². The minimum atomic E-state index is 0.559. The monoisotopic (exact) mass is 458 g/mol. The summed E-state index contributed by atoms with van der Waals surface area (Å²) in [5.41, 5.74) is 4.96. The lowest BCUT2D eigenvalue weighted by atomic mass is 10.2. The Morgan fingerprint density at radius 2 is 1.91 bits per heavy atom. The molecule has 3 heterocycles. The average Bonchev–Trinajstić information content (AvgIpc) is 3.46. The van der Waals surface area contributed by atoms with Crippen LogP contribution in [0.5, 0.6) is 0 Å². The molecule has 1 aliphatic heterocycles. The summed E-state index contributed by atoms with van der Waals surface area (Å²) < 4.78 is 13.4. The molecule has 2 aromatic carbocycles. The highest BCUT2D eigenvalue weighted by atomic mass is 32.1. The number of para-hydroxylation sites is 1. The van der Waals surface area contributed by atoms with Crippen LogP contribution in [-0.4, -0.2) is 43.7 Å². The fourth-order valence-corrected chi connectivity index (χ4v) is 4.54. The lowest BCUT2D eigenvalue weighted by molar-refractivity contribution is 0.122. The van der Waals surface area contributed by atoms with Gasteiger partial charge in [-0.15, -0.1) is 11.3 Å². The van der Waals surface area contributed by atoms with Crippen molar-refractivity contribution in [3.05, 3.63) is 82.5 Å². The Hall–Kier alpha value is -3.42. The number of hydrogen-bond donors (Lipinski definition) is 0. The van der Waals surface area contributed by atoms with Gasteiger partial charge in [0.25, 0.3) is 0 Å². The standard InChI is InChI=1S/C26H26N4O2S/c1-19(2)16-27-26-30(23(18-33-26)25-15-21-5-3-4-6-24(21)32-25)28-17-20-7-9-22(10-8-20)29-11-13-31-14-12-29/h3-10,15,17-18H,1,11-14,16H2,2H3. The molecule has 0 N–H and O–H groups in total. The van der Waals surface area contributed by atoms with Gasteiger partial charge in [-0.25, -0.2) is 4.68 Å². The van der Waals surface area contributed by atoms with Crippen LogP contribution >= 0.6 is 11.3 Å². The van der Waals surface area contributed by atoms with E-state index in [9.17, 15) is 0 Å². The molecule has 7 heteroatoms. The minimum Gasteiger partial charge on any atom is -0.454 e. The Balaban J connectivity index is 1.47. The van der Waals surface area contributed by atoms with Gasteiger partial charge in [0.1, 0.15) is 11.3 Å². The minimum absolute atomic E-state index is 0.559. The number of thiazole rings is 1. The molecule has 0 atom stereocenters. The summed E-state index contributed by atoms with van der Waals surface area (Å²) in [6.45, 7) is 9.90. The van der Waals surface area contributed by atoms with E-state index in [2.05, 4.69) is 35.7 Å². The van der Waals surface area contributed by atoms with E-state index in [1.54, 1.807) is 11.3 Å². The van der Waals surface area contributed by atoms with Gasteiger partial charge in [-0.2, -0.15) is 5.10 Å². The zero-order chi connectivity index (χ0) is 22.6. The normalized spacial score (nSPS) is 15.1. The zero-order valence-electron chi connectivity index (χ0n) is 18.6. The van der Waals surface area contributed by atoms with Crippen LogP contribution in [0.15, 0.2) is 86.6 Å². The van der Waals surface area contributed by atoms with Gasteiger partial charge in [-0.1, -0.05) is 42.5 Å². The first-order chi connectivity index (χ1) is 16.2. The molecule has 168 valence electrons. The summed E-state index contributed by atoms with van der Waals surface area (Å²) in [5.74, 6) is 0.768. The van der Waals surface area contributed by atoms with E-state index < -0.39 is 0 Å². The summed E-state index contributed by atoms with van der Waals surface area (Å²) in [4.78, 5) is 7.84. The van der Waals surface area contributed by atoms with E-state index in [4.69, 9.17) is 19.2 Å². The number of aromatic nitrogens is 1. The fraction of sp³-hybridized carbons (Fsp3) is 0.231. The Labute approximate surface area is 196 Å². The van der Waals surface area contributed by atoms with Gasteiger partial charge in [0.15, 0.2) is 5.76 Å². The second kappa shape index (κ2) is 9.60. The zero-order valence-corrected chi connectivity index (χ0v) is 19.4. The van der Waals surface area contributed by atoms with Crippen LogP contribution < -0.4 is 9.70 Å². The van der Waals surface area contributed by atoms with E-state index in [0.29, 0.717) is 6.54 Å². The third-order valence-electron chi connectivity index (χ3n) is 5.44. The number of nitrogens with zero attached hydrogens (tertiary/aromatic N) is 4. The molecular weight excluding hydrogens is 432 g/mol. The molecule has 0 unspecified atom stereocenters. The number of ether oxygens (including phenoxy) is 1. The maximum absolute atomic E-state index is 6.11. The first kappa shape index (κ1) is 21.4. The van der Waals surface area contributed by atoms with Crippen molar-refractivity contribution in [2.75, 3.05) is 37.7 Å². The molecule has 4 aromatic rings. The summed E-state index contributed by atoms with van der Waals surface area (Å²) >= 11 is 1.54. The molecule has 0 spiro atoms. The van der Waals surface area contributed by atoms with E-state index in [1.165, 1.54) is 5.69 Å². The molecule has 0 radical (unpaired) electrons. The van der Waals surface area contributed by atoms with Crippen LogP contribution in [0.3, 0.4) is 0 Å². The van der Waals surface area contributed by atoms with Gasteiger partial charge in [0.2, 0.25) is 4.80 Å². The molecular formula is C26H26N4O2S. The second-order valence-corrected chi connectivity index (χ2v) is 8.91. The van der Waals surface area contributed by atoms with E-state index in [-0.39, 0.29) is 0 Å². The molecule has 2 aromatic heterocycles. The first-order valence-corrected chi connectivity index (χ1v) is 11.9. The smallest absolute Gasteiger partial charge is 0.206 e. The van der Waals surface area contributed by atoms with Gasteiger partial charge in [0.05, 0.1) is 26.0 Å². The van der Waals surface area contributed by atoms with Gasteiger partial charge >= 0.3 is 0 Å². The van der Waals surface area contributed by atoms with Crippen LogP contribution in [0.25, 0.3) is 22.4 Å². The molecule has 33 heavy (non-hydrogen) atoms. The molecule has 1 saturated heterocycles. The molecule has 5 rings (SSSR count). The third kappa shape index (κ3) is 4.84. The number of rotatable bonds is 6. The maximum Gasteiger partial charge on any atom is 0.206 e. The van der Waals surface area contributed by atoms with E-state index in [0.717, 1.165) is 64.7 Å². The van der Waals surface area contributed by atoms with E-state index in [1.807, 2.05) is 53.5 Å². The van der Waals surface area contributed by atoms with Crippen molar-refractivity contribution < 1.29 is 9.15 Å². The van der Waals surface area contributed by atoms with Crippen molar-refractivity contribution in [1.82, 2.24) is 4.68 Å². The van der Waals surface area contributed by atoms with Gasteiger partial charge in [-0.3, -0.25) is 4.99 Å². The van der Waals surface area contributed by atoms with Crippen molar-refractivity contribution in [3.8, 4) is 11.5 Å². The summed E-state index contributed by atoms with van der Waals surface area (Å²) in [6, 6.07) is 18.5. The predicted molar refractivity (Wildman–Crippen MR) is 135 cm³/mol. The average molecular weight is 459 g/mol.